The molecule has 1 fully saturated rings. The van der Waals surface area contributed by atoms with E-state index in [4.69, 9.17) is 9.72 Å². The monoisotopic (exact) mass is 537 g/mol. The van der Waals surface area contributed by atoms with Crippen LogP contribution in [0.5, 0.6) is 5.75 Å². The maximum atomic E-state index is 12.5. The van der Waals surface area contributed by atoms with Crippen LogP contribution in [0.4, 0.5) is 10.6 Å². The second-order valence-electron chi connectivity index (χ2n) is 11.5. The Bertz CT molecular complexity index is 1090. The summed E-state index contributed by atoms with van der Waals surface area (Å²) in [7, 11) is 0. The van der Waals surface area contributed by atoms with Crippen molar-refractivity contribution >= 4 is 17.8 Å². The van der Waals surface area contributed by atoms with E-state index >= 15 is 0 Å². The topological polar surface area (TPSA) is 107 Å². The first-order valence-electron chi connectivity index (χ1n) is 14.2. The number of amides is 2. The Kier molecular flexibility index (Phi) is 10.0. The summed E-state index contributed by atoms with van der Waals surface area (Å²) >= 11 is 0. The van der Waals surface area contributed by atoms with Gasteiger partial charge >= 0.3 is 12.0 Å². The number of carboxylic acid groups (broad SMARTS) is 1. The first-order chi connectivity index (χ1) is 18.8. The fraction of sp³-hybridized carbons (Fsp3) is 0.567. The lowest BCUT2D eigenvalue weighted by molar-refractivity contribution is -0.139. The molecule has 0 unspecified atom stereocenters. The maximum Gasteiger partial charge on any atom is 0.326 e. The van der Waals surface area contributed by atoms with Gasteiger partial charge in [-0.2, -0.15) is 0 Å². The molecule has 0 saturated carbocycles. The van der Waals surface area contributed by atoms with E-state index in [0.29, 0.717) is 39.2 Å². The minimum absolute atomic E-state index is 0.0940. The Balaban J connectivity index is 1.26. The molecule has 3 heterocycles. The zero-order chi connectivity index (χ0) is 27.7. The molecule has 9 heteroatoms. The first-order valence-corrected chi connectivity index (χ1v) is 14.2. The number of carboxylic acids is 1. The molecule has 0 bridgehead atoms. The molecule has 0 spiro atoms. The van der Waals surface area contributed by atoms with Gasteiger partial charge in [-0.25, -0.2) is 14.6 Å². The maximum absolute atomic E-state index is 12.5. The number of aromatic nitrogens is 1. The largest absolute Gasteiger partial charge is 0.492 e. The van der Waals surface area contributed by atoms with Crippen molar-refractivity contribution < 1.29 is 19.4 Å². The van der Waals surface area contributed by atoms with Crippen molar-refractivity contribution in [1.82, 2.24) is 20.1 Å². The number of hydrogen-bond donors (Lipinski definition) is 3. The number of ether oxygens (including phenoxy) is 1. The van der Waals surface area contributed by atoms with Crippen LogP contribution < -0.4 is 15.4 Å². The molecule has 1 saturated heterocycles. The van der Waals surface area contributed by atoms with Crippen molar-refractivity contribution in [3.63, 3.8) is 0 Å². The molecule has 212 valence electrons. The van der Waals surface area contributed by atoms with E-state index < -0.39 is 12.0 Å². The number of rotatable bonds is 14. The van der Waals surface area contributed by atoms with E-state index in [0.717, 1.165) is 62.5 Å². The van der Waals surface area contributed by atoms with Crippen LogP contribution in [0.15, 0.2) is 42.5 Å². The molecule has 9 nitrogen and oxygen atoms in total. The first kappa shape index (κ1) is 28.7. The van der Waals surface area contributed by atoms with Gasteiger partial charge in [0.15, 0.2) is 0 Å². The van der Waals surface area contributed by atoms with Crippen LogP contribution in [0.2, 0.25) is 0 Å². The lowest BCUT2D eigenvalue weighted by atomic mass is 9.85. The normalized spacial score (nSPS) is 16.5. The van der Waals surface area contributed by atoms with Gasteiger partial charge in [-0.1, -0.05) is 38.1 Å². The van der Waals surface area contributed by atoms with Crippen molar-refractivity contribution in [2.75, 3.05) is 51.2 Å². The second-order valence-corrected chi connectivity index (χ2v) is 11.5. The van der Waals surface area contributed by atoms with Crippen LogP contribution in [0.25, 0.3) is 0 Å². The third-order valence-corrected chi connectivity index (χ3v) is 7.38. The van der Waals surface area contributed by atoms with Gasteiger partial charge in [-0.3, -0.25) is 4.90 Å². The number of fused-ring (bicyclic) bond motifs is 1. The molecule has 2 aliphatic heterocycles. The number of likely N-dealkylation sites (tertiary alicyclic amines) is 1. The molecule has 1 aromatic carbocycles. The summed E-state index contributed by atoms with van der Waals surface area (Å²) in [6.45, 7) is 9.03. The van der Waals surface area contributed by atoms with Gasteiger partial charge in [0, 0.05) is 43.8 Å². The average Bonchev–Trinajstić information content (AvgIpc) is 2.91. The summed E-state index contributed by atoms with van der Waals surface area (Å²) in [6.07, 6.45) is 5.44. The number of carbonyl (C=O) groups is 2. The van der Waals surface area contributed by atoms with Gasteiger partial charge in [-0.05, 0) is 68.8 Å². The molecule has 1 atom stereocenters. The third-order valence-electron chi connectivity index (χ3n) is 7.38. The molecule has 1 aromatic heterocycles. The zero-order valence-corrected chi connectivity index (χ0v) is 23.3. The van der Waals surface area contributed by atoms with Gasteiger partial charge < -0.3 is 25.4 Å². The summed E-state index contributed by atoms with van der Waals surface area (Å²) in [5.74, 6) is 0.843. The Morgan fingerprint density at radius 1 is 1.13 bits per heavy atom. The number of urea groups is 1. The number of aliphatic carboxylic acids is 1. The molecule has 0 aliphatic carbocycles. The van der Waals surface area contributed by atoms with Crippen molar-refractivity contribution in [3.8, 4) is 5.75 Å². The molecule has 2 amide bonds. The Morgan fingerprint density at radius 3 is 2.67 bits per heavy atom. The van der Waals surface area contributed by atoms with Gasteiger partial charge in [0.05, 0.1) is 0 Å². The quantitative estimate of drug-likeness (QED) is 0.312. The smallest absolute Gasteiger partial charge is 0.326 e. The van der Waals surface area contributed by atoms with Gasteiger partial charge in [0.25, 0.3) is 0 Å². The number of para-hydroxylation sites is 1. The molecule has 3 N–H and O–H groups in total. The highest BCUT2D eigenvalue weighted by atomic mass is 16.5. The van der Waals surface area contributed by atoms with Crippen LogP contribution in [-0.4, -0.2) is 83.8 Å². The summed E-state index contributed by atoms with van der Waals surface area (Å²) < 4.78 is 5.91. The fourth-order valence-electron chi connectivity index (χ4n) is 5.23. The van der Waals surface area contributed by atoms with Crippen molar-refractivity contribution in [2.24, 2.45) is 5.41 Å². The third kappa shape index (κ3) is 8.85. The van der Waals surface area contributed by atoms with Gasteiger partial charge in [-0.15, -0.1) is 0 Å². The minimum Gasteiger partial charge on any atom is -0.492 e. The van der Waals surface area contributed by atoms with Crippen LogP contribution in [0, 0.1) is 5.41 Å². The zero-order valence-electron chi connectivity index (χ0n) is 23.3. The summed E-state index contributed by atoms with van der Waals surface area (Å²) in [5, 5.41) is 15.9. The lowest BCUT2D eigenvalue weighted by Crippen LogP contribution is -2.60. The minimum atomic E-state index is -1.00. The summed E-state index contributed by atoms with van der Waals surface area (Å²) in [5.41, 5.74) is 2.49. The number of pyridine rings is 1. The Hall–Kier alpha value is -3.33. The number of nitrogens with zero attached hydrogens (tertiary/aromatic N) is 3. The molecular formula is C30H43N5O4. The highest BCUT2D eigenvalue weighted by Crippen LogP contribution is 2.28. The fourth-order valence-corrected chi connectivity index (χ4v) is 5.23. The van der Waals surface area contributed by atoms with E-state index in [2.05, 4.69) is 41.5 Å². The Morgan fingerprint density at radius 2 is 1.92 bits per heavy atom. The predicted octanol–water partition coefficient (Wildman–Crippen LogP) is 4.04. The standard InChI is InChI=1S/C30H43N5O4/c1-30(2)21-35(22-30)29(38)33-26(28(36)37)15-18-34(19-20-39-25-11-4-3-5-12-25)17-7-6-10-24-14-13-23-9-8-16-31-27(23)32-24/h3-5,11-14,26H,6-10,15-22H2,1-2H3,(H,31,32)(H,33,38)(H,36,37)/t26-/m0/s1. The number of carbonyl (C=O) groups excluding carboxylic acids is 1. The van der Waals surface area contributed by atoms with Crippen LogP contribution >= 0.6 is 0 Å². The lowest BCUT2D eigenvalue weighted by Gasteiger charge is -2.45. The van der Waals surface area contributed by atoms with Crippen molar-refractivity contribution in [1.29, 1.82) is 0 Å². The number of hydrogen-bond acceptors (Lipinski definition) is 6. The highest BCUT2D eigenvalue weighted by molar-refractivity contribution is 5.83. The molecule has 2 aromatic rings. The number of nitrogens with one attached hydrogen (secondary N) is 2. The van der Waals surface area contributed by atoms with Gasteiger partial charge in [0.1, 0.15) is 24.2 Å². The highest BCUT2D eigenvalue weighted by Gasteiger charge is 2.38. The number of unbranched alkanes of at least 4 members (excludes halogenated alkanes) is 1. The molecule has 2 aliphatic rings. The van der Waals surface area contributed by atoms with Crippen LogP contribution in [-0.2, 0) is 17.6 Å². The molecule has 39 heavy (non-hydrogen) atoms. The summed E-state index contributed by atoms with van der Waals surface area (Å²) in [6, 6.07) is 12.8. The van der Waals surface area contributed by atoms with E-state index in [1.54, 1.807) is 4.90 Å². The van der Waals surface area contributed by atoms with Crippen LogP contribution in [0.1, 0.15) is 50.8 Å². The number of benzene rings is 1. The van der Waals surface area contributed by atoms with Crippen molar-refractivity contribution in [3.05, 3.63) is 53.7 Å². The second kappa shape index (κ2) is 13.6. The van der Waals surface area contributed by atoms with E-state index in [1.165, 1.54) is 5.56 Å². The molecular weight excluding hydrogens is 494 g/mol. The summed E-state index contributed by atoms with van der Waals surface area (Å²) in [4.78, 5) is 33.2. The number of aryl methyl sites for hydroxylation is 2. The number of anilines is 1. The molecule has 0 radical (unpaired) electrons. The van der Waals surface area contributed by atoms with E-state index in [9.17, 15) is 14.7 Å². The van der Waals surface area contributed by atoms with Gasteiger partial charge in [0.2, 0.25) is 0 Å². The van der Waals surface area contributed by atoms with Crippen LogP contribution in [0.3, 0.4) is 0 Å². The van der Waals surface area contributed by atoms with E-state index in [-0.39, 0.29) is 11.4 Å². The molecule has 4 rings (SSSR count). The SMILES string of the molecule is CC1(C)CN(C(=O)N[C@@H](CCN(CCCCc2ccc3c(n2)NCCC3)CCOc2ccccc2)C(=O)O)C1. The van der Waals surface area contributed by atoms with E-state index in [1.807, 2.05) is 30.3 Å². The van der Waals surface area contributed by atoms with Crippen molar-refractivity contribution in [2.45, 2.75) is 58.4 Å². The average molecular weight is 538 g/mol. The predicted molar refractivity (Wildman–Crippen MR) is 152 cm³/mol. The Labute approximate surface area is 231 Å².